The molecule has 2 heterocycles. The predicted molar refractivity (Wildman–Crippen MR) is 137 cm³/mol. The third-order valence-corrected chi connectivity index (χ3v) is 8.26. The Labute approximate surface area is 207 Å². The van der Waals surface area contributed by atoms with E-state index in [-0.39, 0.29) is 35.7 Å². The molecule has 2 amide bonds. The minimum absolute atomic E-state index is 0.0324. The largest absolute Gasteiger partial charge is 0.365 e. The quantitative estimate of drug-likeness (QED) is 0.634. The van der Waals surface area contributed by atoms with E-state index in [2.05, 4.69) is 41.7 Å². The van der Waals surface area contributed by atoms with E-state index in [9.17, 15) is 18.0 Å². The first-order valence-electron chi connectivity index (χ1n) is 12.2. The summed E-state index contributed by atoms with van der Waals surface area (Å²) in [5.41, 5.74) is 4.00. The van der Waals surface area contributed by atoms with Gasteiger partial charge in [0.2, 0.25) is 21.8 Å². The molecule has 1 saturated heterocycles. The van der Waals surface area contributed by atoms with E-state index in [1.165, 1.54) is 11.6 Å². The van der Waals surface area contributed by atoms with Gasteiger partial charge in [0, 0.05) is 63.0 Å². The SMILES string of the molecule is CCC(=O)N1CCc2cc(S(=O)(=O)NCCC(=O)N3CCN(c4cccc(C)c4)[C@H](C)C3)ccc21. The highest BCUT2D eigenvalue weighted by molar-refractivity contribution is 7.89. The van der Waals surface area contributed by atoms with Gasteiger partial charge >= 0.3 is 0 Å². The van der Waals surface area contributed by atoms with E-state index >= 15 is 0 Å². The Balaban J connectivity index is 1.30. The van der Waals surface area contributed by atoms with Crippen LogP contribution in [0.25, 0.3) is 0 Å². The Bertz CT molecular complexity index is 1210. The lowest BCUT2D eigenvalue weighted by Crippen LogP contribution is -2.54. The number of benzene rings is 2. The number of carbonyl (C=O) groups is 2. The second-order valence-corrected chi connectivity index (χ2v) is 11.1. The van der Waals surface area contributed by atoms with Crippen LogP contribution >= 0.6 is 0 Å². The first kappa shape index (κ1) is 25.2. The number of aryl methyl sites for hydroxylation is 1. The maximum absolute atomic E-state index is 12.8. The van der Waals surface area contributed by atoms with Crippen molar-refractivity contribution in [2.75, 3.05) is 42.5 Å². The smallest absolute Gasteiger partial charge is 0.240 e. The summed E-state index contributed by atoms with van der Waals surface area (Å²) in [6, 6.07) is 13.4. The lowest BCUT2D eigenvalue weighted by Gasteiger charge is -2.41. The van der Waals surface area contributed by atoms with Crippen LogP contribution < -0.4 is 14.5 Å². The highest BCUT2D eigenvalue weighted by Gasteiger charge is 2.28. The molecular weight excluding hydrogens is 464 g/mol. The summed E-state index contributed by atoms with van der Waals surface area (Å²) in [6.07, 6.45) is 1.16. The monoisotopic (exact) mass is 498 g/mol. The first-order chi connectivity index (χ1) is 16.7. The number of hydrogen-bond acceptors (Lipinski definition) is 5. The van der Waals surface area contributed by atoms with Gasteiger partial charge < -0.3 is 14.7 Å². The highest BCUT2D eigenvalue weighted by Crippen LogP contribution is 2.30. The molecule has 0 spiro atoms. The standard InChI is InChI=1S/C26H34N4O4S/c1-4-25(31)30-13-11-21-17-23(8-9-24(21)30)35(33,34)27-12-10-26(32)28-14-15-29(20(3)18-28)22-7-5-6-19(2)16-22/h5-9,16-17,20,27H,4,10-15,18H2,1-3H3/t20-/m1/s1. The molecule has 1 N–H and O–H groups in total. The van der Waals surface area contributed by atoms with Crippen LogP contribution in [0.3, 0.4) is 0 Å². The first-order valence-corrected chi connectivity index (χ1v) is 13.7. The average molecular weight is 499 g/mol. The van der Waals surface area contributed by atoms with Crippen LogP contribution in [0.5, 0.6) is 0 Å². The van der Waals surface area contributed by atoms with E-state index in [0.717, 1.165) is 23.5 Å². The summed E-state index contributed by atoms with van der Waals surface area (Å²) in [7, 11) is -3.74. The molecule has 2 aromatic rings. The van der Waals surface area contributed by atoms with Crippen molar-refractivity contribution in [1.29, 1.82) is 0 Å². The van der Waals surface area contributed by atoms with Crippen LogP contribution in [-0.4, -0.2) is 63.9 Å². The number of fused-ring (bicyclic) bond motifs is 1. The molecule has 9 heteroatoms. The van der Waals surface area contributed by atoms with Gasteiger partial charge in [0.05, 0.1) is 4.90 Å². The molecule has 2 aliphatic rings. The zero-order valence-electron chi connectivity index (χ0n) is 20.7. The Morgan fingerprint density at radius 2 is 1.86 bits per heavy atom. The third-order valence-electron chi connectivity index (χ3n) is 6.80. The van der Waals surface area contributed by atoms with E-state index in [1.807, 2.05) is 17.9 Å². The van der Waals surface area contributed by atoms with Crippen LogP contribution in [0.1, 0.15) is 37.8 Å². The maximum atomic E-state index is 12.8. The number of hydrogen-bond donors (Lipinski definition) is 1. The molecule has 1 atom stereocenters. The van der Waals surface area contributed by atoms with Gasteiger partial charge in [0.25, 0.3) is 0 Å². The number of sulfonamides is 1. The Kier molecular flexibility index (Phi) is 7.47. The summed E-state index contributed by atoms with van der Waals surface area (Å²) in [4.78, 5) is 30.9. The molecule has 0 radical (unpaired) electrons. The summed E-state index contributed by atoms with van der Waals surface area (Å²) in [5, 5.41) is 0. The third kappa shape index (κ3) is 5.51. The second kappa shape index (κ2) is 10.4. The number of nitrogens with zero attached hydrogens (tertiary/aromatic N) is 3. The fourth-order valence-electron chi connectivity index (χ4n) is 4.90. The molecule has 188 valence electrons. The van der Waals surface area contributed by atoms with Gasteiger partial charge in [-0.2, -0.15) is 0 Å². The summed E-state index contributed by atoms with van der Waals surface area (Å²) < 4.78 is 28.2. The topological polar surface area (TPSA) is 90.0 Å². The number of amides is 2. The van der Waals surface area contributed by atoms with Crippen LogP contribution in [0.4, 0.5) is 11.4 Å². The van der Waals surface area contributed by atoms with Crippen molar-refractivity contribution < 1.29 is 18.0 Å². The Morgan fingerprint density at radius 1 is 1.06 bits per heavy atom. The molecule has 4 rings (SSSR count). The van der Waals surface area contributed by atoms with Crippen molar-refractivity contribution in [3.8, 4) is 0 Å². The van der Waals surface area contributed by atoms with Crippen molar-refractivity contribution >= 4 is 33.2 Å². The normalized spacial score (nSPS) is 18.0. The summed E-state index contributed by atoms with van der Waals surface area (Å²) in [5.74, 6) is -0.0175. The number of carbonyl (C=O) groups excluding carboxylic acids is 2. The van der Waals surface area contributed by atoms with Gasteiger partial charge in [0.1, 0.15) is 0 Å². The number of rotatable bonds is 7. The minimum Gasteiger partial charge on any atom is -0.365 e. The van der Waals surface area contributed by atoms with Crippen molar-refractivity contribution in [2.45, 2.75) is 51.0 Å². The van der Waals surface area contributed by atoms with Gasteiger partial charge in [0.15, 0.2) is 0 Å². The minimum atomic E-state index is -3.74. The molecule has 0 bridgehead atoms. The molecule has 0 unspecified atom stereocenters. The fourth-order valence-corrected chi connectivity index (χ4v) is 5.99. The fraction of sp³-hybridized carbons (Fsp3) is 0.462. The zero-order chi connectivity index (χ0) is 25.2. The van der Waals surface area contributed by atoms with Crippen LogP contribution in [-0.2, 0) is 26.0 Å². The number of nitrogens with one attached hydrogen (secondary N) is 1. The molecule has 8 nitrogen and oxygen atoms in total. The molecule has 1 fully saturated rings. The summed E-state index contributed by atoms with van der Waals surface area (Å²) >= 11 is 0. The van der Waals surface area contributed by atoms with E-state index in [0.29, 0.717) is 32.5 Å². The molecular formula is C26H34N4O4S. The van der Waals surface area contributed by atoms with Gasteiger partial charge in [-0.15, -0.1) is 0 Å². The van der Waals surface area contributed by atoms with Gasteiger partial charge in [-0.3, -0.25) is 9.59 Å². The lowest BCUT2D eigenvalue weighted by molar-refractivity contribution is -0.131. The van der Waals surface area contributed by atoms with Crippen molar-refractivity contribution in [3.63, 3.8) is 0 Å². The van der Waals surface area contributed by atoms with Gasteiger partial charge in [-0.05, 0) is 61.7 Å². The average Bonchev–Trinajstić information content (AvgIpc) is 3.26. The van der Waals surface area contributed by atoms with Crippen molar-refractivity contribution in [1.82, 2.24) is 9.62 Å². The second-order valence-electron chi connectivity index (χ2n) is 9.31. The Morgan fingerprint density at radius 3 is 2.57 bits per heavy atom. The van der Waals surface area contributed by atoms with E-state index in [4.69, 9.17) is 0 Å². The molecule has 2 aromatic carbocycles. The van der Waals surface area contributed by atoms with Gasteiger partial charge in [-0.1, -0.05) is 19.1 Å². The van der Waals surface area contributed by atoms with Crippen LogP contribution in [0.15, 0.2) is 47.4 Å². The molecule has 2 aliphatic heterocycles. The highest BCUT2D eigenvalue weighted by atomic mass is 32.2. The molecule has 0 saturated carbocycles. The molecule has 0 aliphatic carbocycles. The Hall–Kier alpha value is -2.91. The number of anilines is 2. The van der Waals surface area contributed by atoms with E-state index < -0.39 is 10.0 Å². The van der Waals surface area contributed by atoms with Crippen LogP contribution in [0, 0.1) is 6.92 Å². The molecule has 35 heavy (non-hydrogen) atoms. The van der Waals surface area contributed by atoms with E-state index in [1.54, 1.807) is 17.0 Å². The van der Waals surface area contributed by atoms with Crippen molar-refractivity contribution in [2.24, 2.45) is 0 Å². The van der Waals surface area contributed by atoms with Gasteiger partial charge in [-0.25, -0.2) is 13.1 Å². The maximum Gasteiger partial charge on any atom is 0.240 e. The lowest BCUT2D eigenvalue weighted by atomic mass is 10.1. The van der Waals surface area contributed by atoms with Crippen molar-refractivity contribution in [3.05, 3.63) is 53.6 Å². The predicted octanol–water partition coefficient (Wildman–Crippen LogP) is 2.70. The molecule has 0 aromatic heterocycles. The summed E-state index contributed by atoms with van der Waals surface area (Å²) in [6.45, 7) is 8.57. The zero-order valence-corrected chi connectivity index (χ0v) is 21.5. The van der Waals surface area contributed by atoms with Crippen LogP contribution in [0.2, 0.25) is 0 Å². The number of piperazine rings is 1.